The zero-order valence-electron chi connectivity index (χ0n) is 26.0. The van der Waals surface area contributed by atoms with E-state index >= 15 is 0 Å². The first-order chi connectivity index (χ1) is 21.3. The number of fused-ring (bicyclic) bond motifs is 1. The molecular formula is C36H45N3O5. The lowest BCUT2D eigenvalue weighted by atomic mass is 9.70. The molecule has 2 bridgehead atoms. The van der Waals surface area contributed by atoms with E-state index in [-0.39, 0.29) is 30.9 Å². The molecule has 0 saturated carbocycles. The highest BCUT2D eigenvalue weighted by molar-refractivity contribution is 6.07. The van der Waals surface area contributed by atoms with Gasteiger partial charge in [-0.05, 0) is 62.8 Å². The summed E-state index contributed by atoms with van der Waals surface area (Å²) < 4.78 is 6.74. The van der Waals surface area contributed by atoms with E-state index in [0.29, 0.717) is 38.8 Å². The Balaban J connectivity index is 1.55. The molecule has 234 valence electrons. The van der Waals surface area contributed by atoms with Gasteiger partial charge in [-0.15, -0.1) is 13.2 Å². The molecule has 8 nitrogen and oxygen atoms in total. The third kappa shape index (κ3) is 5.50. The van der Waals surface area contributed by atoms with Crippen LogP contribution in [-0.2, 0) is 19.1 Å². The number of unbranched alkanes of at least 4 members (excludes halogenated alkanes) is 3. The number of amides is 3. The summed E-state index contributed by atoms with van der Waals surface area (Å²) in [6.07, 6.45) is 7.15. The molecule has 0 aromatic heterocycles. The van der Waals surface area contributed by atoms with Crippen molar-refractivity contribution in [3.05, 3.63) is 85.0 Å². The monoisotopic (exact) mass is 599 g/mol. The number of nitrogens with zero attached hydrogens (tertiary/aromatic N) is 3. The number of aryl methyl sites for hydroxylation is 2. The number of hydrogen-bond acceptors (Lipinski definition) is 5. The molecule has 2 unspecified atom stereocenters. The maximum absolute atomic E-state index is 14.9. The molecule has 3 aliphatic rings. The second kappa shape index (κ2) is 13.5. The largest absolute Gasteiger partial charge is 0.396 e. The number of aliphatic hydroxyl groups is 1. The minimum Gasteiger partial charge on any atom is -0.396 e. The van der Waals surface area contributed by atoms with Crippen molar-refractivity contribution in [1.82, 2.24) is 4.90 Å². The number of hydrogen-bond donors (Lipinski definition) is 1. The summed E-state index contributed by atoms with van der Waals surface area (Å²) in [5.41, 5.74) is 2.38. The fourth-order valence-electron chi connectivity index (χ4n) is 7.74. The maximum atomic E-state index is 14.9. The van der Waals surface area contributed by atoms with E-state index in [1.54, 1.807) is 26.9 Å². The number of para-hydroxylation sites is 2. The second-order valence-corrected chi connectivity index (χ2v) is 12.3. The molecular weight excluding hydrogens is 554 g/mol. The lowest BCUT2D eigenvalue weighted by Crippen LogP contribution is -2.57. The van der Waals surface area contributed by atoms with Gasteiger partial charge in [-0.25, -0.2) is 0 Å². The highest BCUT2D eigenvalue weighted by Gasteiger charge is 2.75. The van der Waals surface area contributed by atoms with E-state index in [0.717, 1.165) is 35.3 Å². The Morgan fingerprint density at radius 1 is 0.955 bits per heavy atom. The first kappa shape index (κ1) is 31.7. The Labute approximate surface area is 261 Å². The van der Waals surface area contributed by atoms with Gasteiger partial charge in [-0.2, -0.15) is 0 Å². The molecule has 0 radical (unpaired) electrons. The van der Waals surface area contributed by atoms with Crippen molar-refractivity contribution < 1.29 is 24.2 Å². The van der Waals surface area contributed by atoms with Crippen LogP contribution in [0.2, 0.25) is 0 Å². The summed E-state index contributed by atoms with van der Waals surface area (Å²) in [4.78, 5) is 48.9. The lowest BCUT2D eigenvalue weighted by molar-refractivity contribution is -0.140. The SMILES string of the molecule is C=CCN(C(=O)[C@@H]1[C@@H]2CCC3(O2)C(C(=O)N(CC=C)c2c(C)cccc2C)N(CCCCCCO)C(=O)[C@H]13)c1ccccc1. The molecule has 8 heteroatoms. The van der Waals surface area contributed by atoms with Gasteiger partial charge in [0.2, 0.25) is 11.8 Å². The minimum atomic E-state index is -1.09. The standard InChI is InChI=1S/C36H45N3O5/c1-5-21-37(27-17-10-9-11-18-27)33(41)29-28-19-20-36(44-28)30(29)34(42)39(23-12-7-8-13-24-40)32(36)35(43)38(22-6-2)31-25(3)15-14-16-26(31)4/h5-6,9-11,14-18,28-30,32,40H,1-2,7-8,12-13,19-24H2,3-4H3/t28-,29+,30-,32?,36?/m0/s1. The fourth-order valence-corrected chi connectivity index (χ4v) is 7.74. The Hall–Kier alpha value is -3.75. The van der Waals surface area contributed by atoms with Gasteiger partial charge in [0.05, 0.1) is 17.9 Å². The molecule has 1 N–H and O–H groups in total. The number of rotatable bonds is 14. The van der Waals surface area contributed by atoms with Crippen molar-refractivity contribution in [3.63, 3.8) is 0 Å². The predicted octanol–water partition coefficient (Wildman–Crippen LogP) is 4.97. The van der Waals surface area contributed by atoms with Crippen LogP contribution in [0.1, 0.15) is 49.7 Å². The molecule has 44 heavy (non-hydrogen) atoms. The molecule has 3 saturated heterocycles. The average Bonchev–Trinajstić information content (AvgIpc) is 3.66. The summed E-state index contributed by atoms with van der Waals surface area (Å²) in [6, 6.07) is 14.5. The Kier molecular flexibility index (Phi) is 9.71. The molecule has 3 fully saturated rings. The third-order valence-electron chi connectivity index (χ3n) is 9.56. The zero-order chi connectivity index (χ0) is 31.4. The number of ether oxygens (including phenoxy) is 1. The van der Waals surface area contributed by atoms with Crippen molar-refractivity contribution in [2.75, 3.05) is 36.0 Å². The van der Waals surface area contributed by atoms with Gasteiger partial charge >= 0.3 is 0 Å². The van der Waals surface area contributed by atoms with Crippen molar-refractivity contribution in [3.8, 4) is 0 Å². The van der Waals surface area contributed by atoms with Gasteiger partial charge < -0.3 is 24.5 Å². The number of likely N-dealkylation sites (tertiary alicyclic amines) is 1. The zero-order valence-corrected chi connectivity index (χ0v) is 26.0. The van der Waals surface area contributed by atoms with Gasteiger partial charge in [-0.1, -0.05) is 61.4 Å². The first-order valence-corrected chi connectivity index (χ1v) is 15.9. The lowest BCUT2D eigenvalue weighted by Gasteiger charge is -2.37. The summed E-state index contributed by atoms with van der Waals surface area (Å²) in [5.74, 6) is -2.00. The Bertz CT molecular complexity index is 1370. The summed E-state index contributed by atoms with van der Waals surface area (Å²) >= 11 is 0. The second-order valence-electron chi connectivity index (χ2n) is 12.3. The molecule has 2 aromatic carbocycles. The van der Waals surface area contributed by atoms with E-state index in [4.69, 9.17) is 4.74 Å². The van der Waals surface area contributed by atoms with Crippen LogP contribution in [0.15, 0.2) is 73.8 Å². The van der Waals surface area contributed by atoms with Crippen molar-refractivity contribution in [1.29, 1.82) is 0 Å². The molecule has 3 heterocycles. The molecule has 3 amide bonds. The van der Waals surface area contributed by atoms with Crippen LogP contribution in [0.3, 0.4) is 0 Å². The van der Waals surface area contributed by atoms with E-state index in [1.165, 1.54) is 0 Å². The van der Waals surface area contributed by atoms with Crippen molar-refractivity contribution >= 4 is 29.1 Å². The van der Waals surface area contributed by atoms with Crippen LogP contribution >= 0.6 is 0 Å². The normalized spacial score (nSPS) is 25.2. The highest BCUT2D eigenvalue weighted by Crippen LogP contribution is 2.59. The van der Waals surface area contributed by atoms with E-state index in [9.17, 15) is 19.5 Å². The number of carbonyl (C=O) groups is 3. The Morgan fingerprint density at radius 2 is 1.61 bits per heavy atom. The first-order valence-electron chi connectivity index (χ1n) is 15.9. The van der Waals surface area contributed by atoms with Crippen LogP contribution in [-0.4, -0.2) is 71.7 Å². The van der Waals surface area contributed by atoms with Gasteiger partial charge in [0.15, 0.2) is 0 Å². The topological polar surface area (TPSA) is 90.4 Å². The number of anilines is 2. The smallest absolute Gasteiger partial charge is 0.253 e. The molecule has 0 aliphatic carbocycles. The van der Waals surface area contributed by atoms with E-state index in [2.05, 4.69) is 13.2 Å². The van der Waals surface area contributed by atoms with E-state index < -0.39 is 29.6 Å². The van der Waals surface area contributed by atoms with Crippen LogP contribution in [0.5, 0.6) is 0 Å². The minimum absolute atomic E-state index is 0.128. The molecule has 5 atom stereocenters. The fraction of sp³-hybridized carbons (Fsp3) is 0.472. The third-order valence-corrected chi connectivity index (χ3v) is 9.56. The van der Waals surface area contributed by atoms with Gasteiger partial charge in [-0.3, -0.25) is 14.4 Å². The number of aliphatic hydroxyl groups excluding tert-OH is 1. The molecule has 5 rings (SSSR count). The van der Waals surface area contributed by atoms with Gasteiger partial charge in [0.25, 0.3) is 5.91 Å². The number of benzene rings is 2. The maximum Gasteiger partial charge on any atom is 0.253 e. The van der Waals surface area contributed by atoms with Crippen molar-refractivity contribution in [2.24, 2.45) is 11.8 Å². The average molecular weight is 600 g/mol. The van der Waals surface area contributed by atoms with Crippen molar-refractivity contribution in [2.45, 2.75) is 70.1 Å². The van der Waals surface area contributed by atoms with Crippen LogP contribution < -0.4 is 9.80 Å². The number of carbonyl (C=O) groups excluding carboxylic acids is 3. The van der Waals surface area contributed by atoms with Crippen LogP contribution in [0.4, 0.5) is 11.4 Å². The summed E-state index contributed by atoms with van der Waals surface area (Å²) in [5, 5.41) is 9.24. The van der Waals surface area contributed by atoms with Gasteiger partial charge in [0, 0.05) is 37.6 Å². The summed E-state index contributed by atoms with van der Waals surface area (Å²) in [6.45, 7) is 12.9. The summed E-state index contributed by atoms with van der Waals surface area (Å²) in [7, 11) is 0. The van der Waals surface area contributed by atoms with Gasteiger partial charge in [0.1, 0.15) is 11.6 Å². The molecule has 3 aliphatic heterocycles. The highest BCUT2D eigenvalue weighted by atomic mass is 16.5. The van der Waals surface area contributed by atoms with E-state index in [1.807, 2.05) is 62.4 Å². The van der Waals surface area contributed by atoms with Crippen LogP contribution in [0.25, 0.3) is 0 Å². The molecule has 2 aromatic rings. The quantitative estimate of drug-likeness (QED) is 0.245. The predicted molar refractivity (Wildman–Crippen MR) is 172 cm³/mol. The van der Waals surface area contributed by atoms with Crippen LogP contribution in [0, 0.1) is 25.7 Å². The molecule has 1 spiro atoms. The Morgan fingerprint density at radius 3 is 2.27 bits per heavy atom.